The summed E-state index contributed by atoms with van der Waals surface area (Å²) in [6.45, 7) is 3.27. The van der Waals surface area contributed by atoms with Gasteiger partial charge in [0.05, 0.1) is 7.11 Å². The van der Waals surface area contributed by atoms with Gasteiger partial charge in [-0.25, -0.2) is 12.8 Å². The number of carbonyl (C=O) groups excluding carboxylic acids is 1. The summed E-state index contributed by atoms with van der Waals surface area (Å²) < 4.78 is 46.4. The van der Waals surface area contributed by atoms with Crippen LogP contribution in [0.15, 0.2) is 47.4 Å². The first-order valence-corrected chi connectivity index (χ1v) is 13.3. The van der Waals surface area contributed by atoms with Crippen LogP contribution >= 0.6 is 0 Å². The molecule has 2 aliphatic heterocycles. The SMILES string of the molecule is COc1ccc(NC(=O)C2CCN(Cc3ccc(F)cc3)CC2)cc1S(=O)(=O)N1CCCCC1. The molecule has 34 heavy (non-hydrogen) atoms. The van der Waals surface area contributed by atoms with Crippen molar-refractivity contribution in [1.82, 2.24) is 9.21 Å². The van der Waals surface area contributed by atoms with Crippen molar-refractivity contribution in [2.75, 3.05) is 38.6 Å². The van der Waals surface area contributed by atoms with Crippen molar-refractivity contribution in [1.29, 1.82) is 0 Å². The summed E-state index contributed by atoms with van der Waals surface area (Å²) in [4.78, 5) is 15.3. The first kappa shape index (κ1) is 24.6. The Balaban J connectivity index is 1.38. The number of ether oxygens (including phenoxy) is 1. The van der Waals surface area contributed by atoms with Crippen LogP contribution in [0.4, 0.5) is 10.1 Å². The predicted molar refractivity (Wildman–Crippen MR) is 129 cm³/mol. The number of hydrogen-bond donors (Lipinski definition) is 1. The molecule has 4 rings (SSSR count). The van der Waals surface area contributed by atoms with Crippen molar-refractivity contribution in [2.24, 2.45) is 5.92 Å². The Morgan fingerprint density at radius 3 is 2.35 bits per heavy atom. The number of amides is 1. The van der Waals surface area contributed by atoms with E-state index in [0.717, 1.165) is 44.5 Å². The van der Waals surface area contributed by atoms with Crippen molar-refractivity contribution < 1.29 is 22.3 Å². The van der Waals surface area contributed by atoms with E-state index in [-0.39, 0.29) is 28.3 Å². The second kappa shape index (κ2) is 10.8. The summed E-state index contributed by atoms with van der Waals surface area (Å²) in [6.07, 6.45) is 4.14. The number of benzene rings is 2. The quantitative estimate of drug-likeness (QED) is 0.639. The van der Waals surface area contributed by atoms with Crippen LogP contribution in [0.5, 0.6) is 5.75 Å². The van der Waals surface area contributed by atoms with Crippen molar-refractivity contribution >= 4 is 21.6 Å². The number of nitrogens with one attached hydrogen (secondary N) is 1. The maximum Gasteiger partial charge on any atom is 0.246 e. The van der Waals surface area contributed by atoms with Gasteiger partial charge in [-0.3, -0.25) is 9.69 Å². The van der Waals surface area contributed by atoms with Crippen LogP contribution in [-0.4, -0.2) is 56.8 Å². The smallest absolute Gasteiger partial charge is 0.246 e. The second-order valence-electron chi connectivity index (χ2n) is 9.00. The maximum atomic E-state index is 13.2. The van der Waals surface area contributed by atoms with Gasteiger partial charge in [-0.1, -0.05) is 18.6 Å². The average Bonchev–Trinajstić information content (AvgIpc) is 2.86. The third kappa shape index (κ3) is 5.76. The van der Waals surface area contributed by atoms with Gasteiger partial charge < -0.3 is 10.1 Å². The van der Waals surface area contributed by atoms with Crippen molar-refractivity contribution in [3.63, 3.8) is 0 Å². The molecular weight excluding hydrogens is 457 g/mol. The minimum absolute atomic E-state index is 0.0869. The topological polar surface area (TPSA) is 79.0 Å². The molecule has 2 fully saturated rings. The van der Waals surface area contributed by atoms with Crippen LogP contribution in [0.2, 0.25) is 0 Å². The number of piperidine rings is 2. The number of nitrogens with zero attached hydrogens (tertiary/aromatic N) is 2. The van der Waals surface area contributed by atoms with E-state index >= 15 is 0 Å². The molecule has 0 unspecified atom stereocenters. The summed E-state index contributed by atoms with van der Waals surface area (Å²) >= 11 is 0. The van der Waals surface area contributed by atoms with Gasteiger partial charge in [0.25, 0.3) is 0 Å². The first-order chi connectivity index (χ1) is 16.4. The fraction of sp³-hybridized carbons (Fsp3) is 0.480. The molecule has 0 saturated carbocycles. The highest BCUT2D eigenvalue weighted by Crippen LogP contribution is 2.31. The van der Waals surface area contributed by atoms with Crippen LogP contribution in [0, 0.1) is 11.7 Å². The fourth-order valence-electron chi connectivity index (χ4n) is 4.65. The number of rotatable bonds is 7. The molecule has 184 valence electrons. The number of methoxy groups -OCH3 is 1. The number of likely N-dealkylation sites (tertiary alicyclic amines) is 1. The van der Waals surface area contributed by atoms with Crippen molar-refractivity contribution in [3.8, 4) is 5.75 Å². The Morgan fingerprint density at radius 1 is 1.03 bits per heavy atom. The molecular formula is C25H32FN3O4S. The van der Waals surface area contributed by atoms with E-state index in [1.807, 2.05) is 0 Å². The summed E-state index contributed by atoms with van der Waals surface area (Å²) in [6, 6.07) is 11.3. The van der Waals surface area contributed by atoms with Crippen LogP contribution in [0.25, 0.3) is 0 Å². The van der Waals surface area contributed by atoms with Crippen LogP contribution in [0.3, 0.4) is 0 Å². The van der Waals surface area contributed by atoms with E-state index in [1.54, 1.807) is 24.3 Å². The molecule has 1 N–H and O–H groups in total. The highest BCUT2D eigenvalue weighted by Gasteiger charge is 2.30. The zero-order valence-electron chi connectivity index (χ0n) is 19.5. The Kier molecular flexibility index (Phi) is 7.85. The number of halogens is 1. The lowest BCUT2D eigenvalue weighted by Gasteiger charge is -2.31. The molecule has 0 atom stereocenters. The van der Waals surface area contributed by atoms with Gasteiger partial charge in [0, 0.05) is 31.2 Å². The molecule has 0 bridgehead atoms. The Hall–Kier alpha value is -2.49. The third-order valence-corrected chi connectivity index (χ3v) is 8.56. The van der Waals surface area contributed by atoms with E-state index < -0.39 is 10.0 Å². The summed E-state index contributed by atoms with van der Waals surface area (Å²) in [5.74, 6) is -0.219. The lowest BCUT2D eigenvalue weighted by molar-refractivity contribution is -0.121. The zero-order chi connectivity index (χ0) is 24.1. The molecule has 2 saturated heterocycles. The van der Waals surface area contributed by atoms with Crippen LogP contribution < -0.4 is 10.1 Å². The maximum absolute atomic E-state index is 13.2. The van der Waals surface area contributed by atoms with Gasteiger partial charge in [-0.15, -0.1) is 0 Å². The molecule has 2 heterocycles. The van der Waals surface area contributed by atoms with Crippen molar-refractivity contribution in [3.05, 3.63) is 53.8 Å². The van der Waals surface area contributed by atoms with E-state index in [4.69, 9.17) is 4.74 Å². The van der Waals surface area contributed by atoms with Crippen LogP contribution in [0.1, 0.15) is 37.7 Å². The molecule has 0 aromatic heterocycles. The molecule has 7 nitrogen and oxygen atoms in total. The van der Waals surface area contributed by atoms with Gasteiger partial charge in [0.1, 0.15) is 16.5 Å². The van der Waals surface area contributed by atoms with Gasteiger partial charge >= 0.3 is 0 Å². The summed E-state index contributed by atoms with van der Waals surface area (Å²) in [5, 5.41) is 2.91. The van der Waals surface area contributed by atoms with Gasteiger partial charge in [-0.2, -0.15) is 4.31 Å². The van der Waals surface area contributed by atoms with E-state index in [1.165, 1.54) is 29.6 Å². The standard InChI is InChI=1S/C25H32FN3O4S/c1-33-23-10-9-22(17-24(23)34(31,32)29-13-3-2-4-14-29)27-25(30)20-11-15-28(16-12-20)18-19-5-7-21(26)8-6-19/h5-10,17,20H,2-4,11-16,18H2,1H3,(H,27,30). The largest absolute Gasteiger partial charge is 0.495 e. The number of sulfonamides is 1. The van der Waals surface area contributed by atoms with Crippen molar-refractivity contribution in [2.45, 2.75) is 43.5 Å². The van der Waals surface area contributed by atoms with Gasteiger partial charge in [-0.05, 0) is 74.7 Å². The Labute approximate surface area is 200 Å². The Morgan fingerprint density at radius 2 is 1.71 bits per heavy atom. The highest BCUT2D eigenvalue weighted by atomic mass is 32.2. The lowest BCUT2D eigenvalue weighted by atomic mass is 9.95. The number of carbonyl (C=O) groups is 1. The fourth-order valence-corrected chi connectivity index (χ4v) is 6.34. The van der Waals surface area contributed by atoms with E-state index in [0.29, 0.717) is 31.6 Å². The highest BCUT2D eigenvalue weighted by molar-refractivity contribution is 7.89. The second-order valence-corrected chi connectivity index (χ2v) is 10.9. The monoisotopic (exact) mass is 489 g/mol. The van der Waals surface area contributed by atoms with E-state index in [2.05, 4.69) is 10.2 Å². The third-order valence-electron chi connectivity index (χ3n) is 6.64. The molecule has 2 aromatic rings. The zero-order valence-corrected chi connectivity index (χ0v) is 20.3. The minimum Gasteiger partial charge on any atom is -0.495 e. The Bertz CT molecular complexity index is 1090. The first-order valence-electron chi connectivity index (χ1n) is 11.8. The van der Waals surface area contributed by atoms with Gasteiger partial charge in [0.2, 0.25) is 15.9 Å². The molecule has 9 heteroatoms. The predicted octanol–water partition coefficient (Wildman–Crippen LogP) is 3.86. The minimum atomic E-state index is -3.70. The molecule has 0 radical (unpaired) electrons. The summed E-state index contributed by atoms with van der Waals surface area (Å²) in [5.41, 5.74) is 1.50. The molecule has 0 spiro atoms. The summed E-state index contributed by atoms with van der Waals surface area (Å²) in [7, 11) is -2.25. The molecule has 2 aliphatic rings. The molecule has 2 aromatic carbocycles. The lowest BCUT2D eigenvalue weighted by Crippen LogP contribution is -2.38. The molecule has 1 amide bonds. The normalized spacial score (nSPS) is 18.5. The number of hydrogen-bond acceptors (Lipinski definition) is 5. The average molecular weight is 490 g/mol. The van der Waals surface area contributed by atoms with Gasteiger partial charge in [0.15, 0.2) is 0 Å². The van der Waals surface area contributed by atoms with Crippen LogP contribution in [-0.2, 0) is 21.4 Å². The number of anilines is 1. The van der Waals surface area contributed by atoms with E-state index in [9.17, 15) is 17.6 Å². The molecule has 0 aliphatic carbocycles.